The highest BCUT2D eigenvalue weighted by Crippen LogP contribution is 2.31. The van der Waals surface area contributed by atoms with Crippen molar-refractivity contribution in [3.63, 3.8) is 0 Å². The molecular weight excluding hydrogens is 298 g/mol. The summed E-state index contributed by atoms with van der Waals surface area (Å²) in [5.74, 6) is -0.459. The third-order valence-electron chi connectivity index (χ3n) is 4.25. The van der Waals surface area contributed by atoms with Gasteiger partial charge in [0.25, 0.3) is 5.91 Å². The molecule has 0 saturated carbocycles. The molecule has 1 aromatic rings. The van der Waals surface area contributed by atoms with Gasteiger partial charge in [-0.25, -0.2) is 0 Å². The summed E-state index contributed by atoms with van der Waals surface area (Å²) in [5, 5.41) is 3.19. The van der Waals surface area contributed by atoms with Crippen LogP contribution in [0.2, 0.25) is 0 Å². The van der Waals surface area contributed by atoms with Gasteiger partial charge in [0, 0.05) is 52.0 Å². The number of carbonyl (C=O) groups excluding carboxylic acids is 1. The van der Waals surface area contributed by atoms with Crippen LogP contribution in [0.15, 0.2) is 18.5 Å². The Morgan fingerprint density at radius 2 is 2.09 bits per heavy atom. The zero-order chi connectivity index (χ0) is 16.1. The van der Waals surface area contributed by atoms with E-state index in [0.29, 0.717) is 45.0 Å². The van der Waals surface area contributed by atoms with Crippen LogP contribution in [0, 0.1) is 0 Å². The van der Waals surface area contributed by atoms with Crippen LogP contribution in [0.4, 0.5) is 5.69 Å². The van der Waals surface area contributed by atoms with Crippen LogP contribution >= 0.6 is 0 Å². The van der Waals surface area contributed by atoms with Gasteiger partial charge in [-0.15, -0.1) is 0 Å². The number of nitrogens with zero attached hydrogens (tertiary/aromatic N) is 2. The number of aromatic nitrogens is 1. The zero-order valence-corrected chi connectivity index (χ0v) is 13.4. The molecule has 0 bridgehead atoms. The van der Waals surface area contributed by atoms with Crippen LogP contribution in [-0.4, -0.2) is 68.1 Å². The van der Waals surface area contributed by atoms with E-state index in [-0.39, 0.29) is 5.91 Å². The molecular formula is C16H23N3O4. The molecule has 126 valence electrons. The van der Waals surface area contributed by atoms with Crippen LogP contribution in [0.5, 0.6) is 0 Å². The minimum atomic E-state index is -0.460. The molecule has 1 N–H and O–H groups in total. The summed E-state index contributed by atoms with van der Waals surface area (Å²) in [7, 11) is 1.65. The van der Waals surface area contributed by atoms with E-state index in [0.717, 1.165) is 18.5 Å². The molecule has 0 unspecified atom stereocenters. The highest BCUT2D eigenvalue weighted by molar-refractivity contribution is 5.94. The largest absolute Gasteiger partial charge is 0.383 e. The Kier molecular flexibility index (Phi) is 5.09. The first kappa shape index (κ1) is 16.2. The van der Waals surface area contributed by atoms with E-state index in [1.807, 2.05) is 11.0 Å². The Hall–Kier alpha value is -1.70. The number of carbonyl (C=O) groups is 1. The zero-order valence-electron chi connectivity index (χ0n) is 13.4. The van der Waals surface area contributed by atoms with Gasteiger partial charge in [-0.2, -0.15) is 0 Å². The van der Waals surface area contributed by atoms with Crippen molar-refractivity contribution >= 4 is 11.6 Å². The van der Waals surface area contributed by atoms with Crippen molar-refractivity contribution in [3.05, 3.63) is 24.0 Å². The highest BCUT2D eigenvalue weighted by atomic mass is 16.7. The number of hydrogen-bond acceptors (Lipinski definition) is 6. The standard InChI is InChI=1S/C16H23N3O4/c1-21-7-4-18-14-10-13(11-17-12-14)15(20)19-5-2-16(3-6-19)22-8-9-23-16/h10-12,18H,2-9H2,1H3. The summed E-state index contributed by atoms with van der Waals surface area (Å²) < 4.78 is 16.4. The number of piperidine rings is 1. The van der Waals surface area contributed by atoms with Gasteiger partial charge in [0.05, 0.1) is 31.1 Å². The Bertz CT molecular complexity index is 536. The molecule has 3 rings (SSSR count). The molecule has 1 aromatic heterocycles. The lowest BCUT2D eigenvalue weighted by Gasteiger charge is -2.37. The number of ether oxygens (including phenoxy) is 3. The van der Waals surface area contributed by atoms with Crippen LogP contribution in [0.3, 0.4) is 0 Å². The first-order valence-electron chi connectivity index (χ1n) is 7.97. The van der Waals surface area contributed by atoms with Crippen molar-refractivity contribution in [2.75, 3.05) is 51.9 Å². The van der Waals surface area contributed by atoms with Crippen molar-refractivity contribution in [2.24, 2.45) is 0 Å². The van der Waals surface area contributed by atoms with E-state index in [2.05, 4.69) is 10.3 Å². The SMILES string of the molecule is COCCNc1cncc(C(=O)N2CCC3(CC2)OCCO3)c1. The quantitative estimate of drug-likeness (QED) is 0.819. The van der Waals surface area contributed by atoms with E-state index < -0.39 is 5.79 Å². The van der Waals surface area contributed by atoms with Gasteiger partial charge in [0.15, 0.2) is 5.79 Å². The molecule has 3 heterocycles. The van der Waals surface area contributed by atoms with Gasteiger partial charge in [0.1, 0.15) is 0 Å². The fraction of sp³-hybridized carbons (Fsp3) is 0.625. The number of likely N-dealkylation sites (tertiary alicyclic amines) is 1. The third-order valence-corrected chi connectivity index (χ3v) is 4.25. The fourth-order valence-corrected chi connectivity index (χ4v) is 2.97. The van der Waals surface area contributed by atoms with E-state index in [4.69, 9.17) is 14.2 Å². The van der Waals surface area contributed by atoms with Gasteiger partial charge < -0.3 is 24.4 Å². The van der Waals surface area contributed by atoms with Gasteiger partial charge in [-0.3, -0.25) is 9.78 Å². The maximum Gasteiger partial charge on any atom is 0.255 e. The molecule has 2 aliphatic heterocycles. The van der Waals surface area contributed by atoms with Gasteiger partial charge >= 0.3 is 0 Å². The maximum atomic E-state index is 12.6. The van der Waals surface area contributed by atoms with Crippen LogP contribution in [0.25, 0.3) is 0 Å². The molecule has 0 aliphatic carbocycles. The number of hydrogen-bond donors (Lipinski definition) is 1. The summed E-state index contributed by atoms with van der Waals surface area (Å²) in [6.45, 7) is 3.85. The van der Waals surface area contributed by atoms with Crippen molar-refractivity contribution in [1.29, 1.82) is 0 Å². The summed E-state index contributed by atoms with van der Waals surface area (Å²) in [5.41, 5.74) is 1.42. The monoisotopic (exact) mass is 321 g/mol. The predicted octanol–water partition coefficient (Wildman–Crippen LogP) is 1.12. The van der Waals surface area contributed by atoms with Gasteiger partial charge in [-0.1, -0.05) is 0 Å². The second-order valence-corrected chi connectivity index (χ2v) is 5.78. The fourth-order valence-electron chi connectivity index (χ4n) is 2.97. The van der Waals surface area contributed by atoms with E-state index in [1.165, 1.54) is 0 Å². The first-order chi connectivity index (χ1) is 11.2. The van der Waals surface area contributed by atoms with E-state index >= 15 is 0 Å². The van der Waals surface area contributed by atoms with Crippen LogP contribution < -0.4 is 5.32 Å². The van der Waals surface area contributed by atoms with Gasteiger partial charge in [0.2, 0.25) is 0 Å². The Morgan fingerprint density at radius 1 is 1.35 bits per heavy atom. The van der Waals surface area contributed by atoms with Crippen molar-refractivity contribution in [3.8, 4) is 0 Å². The third kappa shape index (κ3) is 3.80. The molecule has 23 heavy (non-hydrogen) atoms. The number of pyridine rings is 1. The topological polar surface area (TPSA) is 72.9 Å². The second-order valence-electron chi connectivity index (χ2n) is 5.78. The number of methoxy groups -OCH3 is 1. The number of rotatable bonds is 5. The maximum absolute atomic E-state index is 12.6. The van der Waals surface area contributed by atoms with Crippen LogP contribution in [-0.2, 0) is 14.2 Å². The number of amides is 1. The normalized spacial score (nSPS) is 20.0. The molecule has 7 heteroatoms. The minimum absolute atomic E-state index is 0.000684. The summed E-state index contributed by atoms with van der Waals surface area (Å²) in [4.78, 5) is 18.6. The number of anilines is 1. The molecule has 0 aromatic carbocycles. The summed E-state index contributed by atoms with van der Waals surface area (Å²) in [6, 6.07) is 1.83. The van der Waals surface area contributed by atoms with Gasteiger partial charge in [-0.05, 0) is 6.07 Å². The highest BCUT2D eigenvalue weighted by Gasteiger charge is 2.40. The molecule has 2 aliphatic rings. The molecule has 7 nitrogen and oxygen atoms in total. The lowest BCUT2D eigenvalue weighted by atomic mass is 10.0. The summed E-state index contributed by atoms with van der Waals surface area (Å²) >= 11 is 0. The average molecular weight is 321 g/mol. The smallest absolute Gasteiger partial charge is 0.255 e. The Labute approximate surface area is 135 Å². The first-order valence-corrected chi connectivity index (χ1v) is 7.97. The van der Waals surface area contributed by atoms with Crippen molar-refractivity contribution < 1.29 is 19.0 Å². The molecule has 1 spiro atoms. The molecule has 2 fully saturated rings. The van der Waals surface area contributed by atoms with E-state index in [1.54, 1.807) is 19.5 Å². The molecule has 1 amide bonds. The predicted molar refractivity (Wildman–Crippen MR) is 84.4 cm³/mol. The van der Waals surface area contributed by atoms with Crippen molar-refractivity contribution in [1.82, 2.24) is 9.88 Å². The molecule has 0 atom stereocenters. The lowest BCUT2D eigenvalue weighted by molar-refractivity contribution is -0.181. The van der Waals surface area contributed by atoms with Crippen molar-refractivity contribution in [2.45, 2.75) is 18.6 Å². The minimum Gasteiger partial charge on any atom is -0.383 e. The molecule has 0 radical (unpaired) electrons. The Balaban J connectivity index is 1.58. The van der Waals surface area contributed by atoms with Crippen LogP contribution in [0.1, 0.15) is 23.2 Å². The summed E-state index contributed by atoms with van der Waals surface area (Å²) in [6.07, 6.45) is 4.75. The number of nitrogens with one attached hydrogen (secondary N) is 1. The van der Waals surface area contributed by atoms with E-state index in [9.17, 15) is 4.79 Å². The second kappa shape index (κ2) is 7.25. The Morgan fingerprint density at radius 3 is 2.78 bits per heavy atom. The molecule has 2 saturated heterocycles. The lowest BCUT2D eigenvalue weighted by Crippen LogP contribution is -2.47. The average Bonchev–Trinajstić information content (AvgIpc) is 3.04.